The van der Waals surface area contributed by atoms with Gasteiger partial charge in [0.2, 0.25) is 21.8 Å². The van der Waals surface area contributed by atoms with Gasteiger partial charge in [0.05, 0.1) is 17.5 Å². The highest BCUT2D eigenvalue weighted by molar-refractivity contribution is 7.92. The SMILES string of the molecule is Cc1ccc(CN(C(=O)CN(c2cccc(C(F)(F)F)c2)S(C)(=O)=O)C(C)C(=O)NC(C)C)cc1. The van der Waals surface area contributed by atoms with Gasteiger partial charge >= 0.3 is 6.18 Å². The molecule has 0 aliphatic heterocycles. The second-order valence-corrected chi connectivity index (χ2v) is 10.6. The second-order valence-electron chi connectivity index (χ2n) is 8.66. The highest BCUT2D eigenvalue weighted by Crippen LogP contribution is 2.32. The number of benzene rings is 2. The Hall–Kier alpha value is -3.08. The summed E-state index contributed by atoms with van der Waals surface area (Å²) in [5.74, 6) is -1.18. The summed E-state index contributed by atoms with van der Waals surface area (Å²) in [6.45, 7) is 6.16. The van der Waals surface area contributed by atoms with E-state index in [4.69, 9.17) is 0 Å². The summed E-state index contributed by atoms with van der Waals surface area (Å²) in [5.41, 5.74) is 0.352. The molecule has 2 aromatic carbocycles. The number of hydrogen-bond donors (Lipinski definition) is 1. The number of aryl methyl sites for hydroxylation is 1. The van der Waals surface area contributed by atoms with Gasteiger partial charge in [-0.3, -0.25) is 13.9 Å². The largest absolute Gasteiger partial charge is 0.416 e. The Morgan fingerprint density at radius 1 is 1.03 bits per heavy atom. The lowest BCUT2D eigenvalue weighted by Gasteiger charge is -2.32. The van der Waals surface area contributed by atoms with Crippen LogP contribution < -0.4 is 9.62 Å². The molecule has 0 radical (unpaired) electrons. The van der Waals surface area contributed by atoms with Crippen LogP contribution in [0.2, 0.25) is 0 Å². The first kappa shape index (κ1) is 28.2. The Morgan fingerprint density at radius 3 is 2.14 bits per heavy atom. The molecule has 11 heteroatoms. The van der Waals surface area contributed by atoms with Crippen LogP contribution in [-0.2, 0) is 32.3 Å². The smallest absolute Gasteiger partial charge is 0.352 e. The van der Waals surface area contributed by atoms with E-state index in [-0.39, 0.29) is 18.3 Å². The summed E-state index contributed by atoms with van der Waals surface area (Å²) in [7, 11) is -4.13. The van der Waals surface area contributed by atoms with Crippen molar-refractivity contribution in [1.29, 1.82) is 0 Å². The Labute approximate surface area is 204 Å². The number of halogens is 3. The zero-order chi connectivity index (χ0) is 26.6. The predicted octanol–water partition coefficient (Wildman–Crippen LogP) is 3.72. The number of nitrogens with one attached hydrogen (secondary N) is 1. The minimum absolute atomic E-state index is 0.00594. The van der Waals surface area contributed by atoms with Gasteiger partial charge < -0.3 is 10.2 Å². The van der Waals surface area contributed by atoms with E-state index >= 15 is 0 Å². The Kier molecular flexibility index (Phi) is 8.94. The van der Waals surface area contributed by atoms with Gasteiger partial charge in [-0.05, 0) is 51.5 Å². The lowest BCUT2D eigenvalue weighted by Crippen LogP contribution is -2.52. The lowest BCUT2D eigenvalue weighted by molar-refractivity contribution is -0.139. The molecule has 0 heterocycles. The molecule has 1 N–H and O–H groups in total. The first-order valence-electron chi connectivity index (χ1n) is 10.9. The van der Waals surface area contributed by atoms with Crippen molar-refractivity contribution in [1.82, 2.24) is 10.2 Å². The van der Waals surface area contributed by atoms with Gasteiger partial charge in [0, 0.05) is 12.6 Å². The van der Waals surface area contributed by atoms with E-state index in [1.54, 1.807) is 26.0 Å². The van der Waals surface area contributed by atoms with Crippen LogP contribution in [0.25, 0.3) is 0 Å². The van der Waals surface area contributed by atoms with E-state index in [0.717, 1.165) is 24.0 Å². The molecule has 1 atom stereocenters. The maximum Gasteiger partial charge on any atom is 0.416 e. The average Bonchev–Trinajstić information content (AvgIpc) is 2.74. The molecule has 2 aromatic rings. The number of carbonyl (C=O) groups excluding carboxylic acids is 2. The standard InChI is InChI=1S/C24H30F3N3O4S/c1-16(2)28-23(32)18(4)29(14-19-11-9-17(3)10-12-19)22(31)15-30(35(5,33)34)21-8-6-7-20(13-21)24(25,26)27/h6-13,16,18H,14-15H2,1-5H3,(H,28,32). The van der Waals surface area contributed by atoms with Gasteiger partial charge in [-0.15, -0.1) is 0 Å². The predicted molar refractivity (Wildman–Crippen MR) is 128 cm³/mol. The van der Waals surface area contributed by atoms with Gasteiger partial charge in [-0.1, -0.05) is 35.9 Å². The third-order valence-electron chi connectivity index (χ3n) is 5.21. The number of sulfonamides is 1. The number of rotatable bonds is 9. The van der Waals surface area contributed by atoms with Crippen molar-refractivity contribution in [3.8, 4) is 0 Å². The van der Waals surface area contributed by atoms with Crippen LogP contribution in [0.1, 0.15) is 37.5 Å². The quantitative estimate of drug-likeness (QED) is 0.554. The molecule has 35 heavy (non-hydrogen) atoms. The highest BCUT2D eigenvalue weighted by Gasteiger charge is 2.33. The maximum atomic E-state index is 13.4. The summed E-state index contributed by atoms with van der Waals surface area (Å²) in [5, 5.41) is 2.72. The van der Waals surface area contributed by atoms with E-state index in [1.165, 1.54) is 17.9 Å². The molecule has 0 aliphatic rings. The Balaban J connectivity index is 2.43. The van der Waals surface area contributed by atoms with Gasteiger partial charge in [-0.25, -0.2) is 8.42 Å². The zero-order valence-electron chi connectivity index (χ0n) is 20.3. The van der Waals surface area contributed by atoms with Gasteiger partial charge in [-0.2, -0.15) is 13.2 Å². The zero-order valence-corrected chi connectivity index (χ0v) is 21.1. The fourth-order valence-electron chi connectivity index (χ4n) is 3.33. The van der Waals surface area contributed by atoms with Crippen LogP contribution in [0.4, 0.5) is 18.9 Å². The Bertz CT molecular complexity index is 1150. The minimum Gasteiger partial charge on any atom is -0.352 e. The molecular formula is C24H30F3N3O4S. The fraction of sp³-hybridized carbons (Fsp3) is 0.417. The first-order valence-corrected chi connectivity index (χ1v) is 12.7. The van der Waals surface area contributed by atoms with Crippen LogP contribution in [0, 0.1) is 6.92 Å². The monoisotopic (exact) mass is 513 g/mol. The summed E-state index contributed by atoms with van der Waals surface area (Å²) in [4.78, 5) is 27.3. The normalized spacial score (nSPS) is 12.8. The van der Waals surface area contributed by atoms with Crippen molar-refractivity contribution in [2.24, 2.45) is 0 Å². The number of carbonyl (C=O) groups is 2. The summed E-state index contributed by atoms with van der Waals surface area (Å²) >= 11 is 0. The van der Waals surface area contributed by atoms with Gasteiger partial charge in [0.15, 0.2) is 0 Å². The molecule has 0 saturated heterocycles. The molecular weight excluding hydrogens is 483 g/mol. The second kappa shape index (κ2) is 11.1. The molecule has 1 unspecified atom stereocenters. The van der Waals surface area contributed by atoms with Crippen molar-refractivity contribution in [3.05, 3.63) is 65.2 Å². The molecule has 192 valence electrons. The third-order valence-corrected chi connectivity index (χ3v) is 6.35. The van der Waals surface area contributed by atoms with E-state index in [2.05, 4.69) is 5.32 Å². The van der Waals surface area contributed by atoms with Gasteiger partial charge in [0.1, 0.15) is 12.6 Å². The molecule has 2 amide bonds. The van der Waals surface area contributed by atoms with Crippen LogP contribution in [-0.4, -0.2) is 50.0 Å². The molecule has 7 nitrogen and oxygen atoms in total. The molecule has 0 spiro atoms. The first-order chi connectivity index (χ1) is 16.1. The highest BCUT2D eigenvalue weighted by atomic mass is 32.2. The number of amides is 2. The van der Waals surface area contributed by atoms with Crippen molar-refractivity contribution in [3.63, 3.8) is 0 Å². The van der Waals surface area contributed by atoms with Gasteiger partial charge in [0.25, 0.3) is 0 Å². The minimum atomic E-state index is -4.69. The van der Waals surface area contributed by atoms with Crippen molar-refractivity contribution in [2.45, 2.75) is 52.5 Å². The molecule has 0 aliphatic carbocycles. The molecule has 0 aromatic heterocycles. The fourth-order valence-corrected chi connectivity index (χ4v) is 4.17. The van der Waals surface area contributed by atoms with Crippen molar-refractivity contribution in [2.75, 3.05) is 17.1 Å². The molecule has 0 saturated carbocycles. The van der Waals surface area contributed by atoms with Crippen LogP contribution in [0.3, 0.4) is 0 Å². The molecule has 0 bridgehead atoms. The van der Waals surface area contributed by atoms with Crippen molar-refractivity contribution < 1.29 is 31.2 Å². The maximum absolute atomic E-state index is 13.4. The lowest BCUT2D eigenvalue weighted by atomic mass is 10.1. The average molecular weight is 514 g/mol. The summed E-state index contributed by atoms with van der Waals surface area (Å²) in [6, 6.07) is 9.82. The van der Waals surface area contributed by atoms with E-state index in [9.17, 15) is 31.2 Å². The summed E-state index contributed by atoms with van der Waals surface area (Å²) in [6.07, 6.45) is -3.89. The molecule has 0 fully saturated rings. The number of nitrogens with zero attached hydrogens (tertiary/aromatic N) is 2. The topological polar surface area (TPSA) is 86.8 Å². The van der Waals surface area contributed by atoms with Crippen LogP contribution in [0.15, 0.2) is 48.5 Å². The number of anilines is 1. The Morgan fingerprint density at radius 2 is 1.63 bits per heavy atom. The van der Waals surface area contributed by atoms with E-state index in [0.29, 0.717) is 15.9 Å². The van der Waals surface area contributed by atoms with Crippen molar-refractivity contribution >= 4 is 27.5 Å². The van der Waals surface area contributed by atoms with E-state index in [1.807, 2.05) is 19.1 Å². The number of hydrogen-bond acceptors (Lipinski definition) is 4. The van der Waals surface area contributed by atoms with Crippen LogP contribution in [0.5, 0.6) is 0 Å². The number of alkyl halides is 3. The molecule has 2 rings (SSSR count). The van der Waals surface area contributed by atoms with E-state index < -0.39 is 46.2 Å². The third kappa shape index (κ3) is 7.98. The van der Waals surface area contributed by atoms with Crippen LogP contribution >= 0.6 is 0 Å². The summed E-state index contributed by atoms with van der Waals surface area (Å²) < 4.78 is 65.2.